The molecule has 0 saturated carbocycles. The fraction of sp³-hybridized carbons (Fsp3) is 0.200. The monoisotopic (exact) mass is 404 g/mol. The third-order valence-electron chi connectivity index (χ3n) is 3.72. The maximum absolute atomic E-state index is 11.0. The molecule has 0 fully saturated rings. The molecule has 2 aromatic rings. The summed E-state index contributed by atoms with van der Waals surface area (Å²) in [6.45, 7) is 0. The number of benzene rings is 2. The van der Waals surface area contributed by atoms with E-state index >= 15 is 0 Å². The van der Waals surface area contributed by atoms with E-state index in [2.05, 4.69) is 5.92 Å². The molecule has 2 aromatic carbocycles. The van der Waals surface area contributed by atoms with Crippen molar-refractivity contribution in [1.29, 1.82) is 0 Å². The molecule has 148 valence electrons. The molecule has 0 aliphatic heterocycles. The number of methoxy groups -OCH3 is 4. The van der Waals surface area contributed by atoms with Gasteiger partial charge in [-0.25, -0.2) is 4.57 Å². The SMILES string of the molecule is COc1ccc(/C=C\c2cc(OC)c(OC)c(OC)c2)cc1C#CP(=O)(O)O. The first-order valence-corrected chi connectivity index (χ1v) is 9.67. The van der Waals surface area contributed by atoms with Gasteiger partial charge in [0.25, 0.3) is 0 Å². The highest BCUT2D eigenvalue weighted by Gasteiger charge is 2.12. The van der Waals surface area contributed by atoms with Crippen LogP contribution >= 0.6 is 7.60 Å². The van der Waals surface area contributed by atoms with Crippen molar-refractivity contribution >= 4 is 19.7 Å². The van der Waals surface area contributed by atoms with E-state index < -0.39 is 7.60 Å². The van der Waals surface area contributed by atoms with Crippen molar-refractivity contribution in [3.63, 3.8) is 0 Å². The zero-order valence-corrected chi connectivity index (χ0v) is 16.8. The summed E-state index contributed by atoms with van der Waals surface area (Å²) in [5.74, 6) is 4.45. The standard InChI is InChI=1S/C20H21O7P/c1-24-17-8-7-14(11-16(17)9-10-28(21,22)23)5-6-15-12-18(25-2)20(27-4)19(13-15)26-3/h5-8,11-13H,1-4H3,(H2,21,22,23)/b6-5-. The maximum Gasteiger partial charge on any atom is 0.400 e. The molecule has 0 unspecified atom stereocenters. The number of hydrogen-bond donors (Lipinski definition) is 2. The van der Waals surface area contributed by atoms with E-state index in [0.29, 0.717) is 28.6 Å². The lowest BCUT2D eigenvalue weighted by atomic mass is 10.1. The van der Waals surface area contributed by atoms with Crippen LogP contribution in [0.25, 0.3) is 12.2 Å². The summed E-state index contributed by atoms with van der Waals surface area (Å²) in [5, 5.41) is 0. The van der Waals surface area contributed by atoms with Gasteiger partial charge in [0.05, 0.1) is 34.0 Å². The molecule has 7 nitrogen and oxygen atoms in total. The molecule has 0 radical (unpaired) electrons. The molecule has 0 heterocycles. The average Bonchev–Trinajstić information content (AvgIpc) is 2.69. The van der Waals surface area contributed by atoms with Crippen molar-refractivity contribution in [2.75, 3.05) is 28.4 Å². The Morgan fingerprint density at radius 2 is 1.39 bits per heavy atom. The van der Waals surface area contributed by atoms with Crippen molar-refractivity contribution in [2.45, 2.75) is 0 Å². The van der Waals surface area contributed by atoms with Crippen LogP contribution in [0.15, 0.2) is 30.3 Å². The van der Waals surface area contributed by atoms with E-state index in [0.717, 1.165) is 11.1 Å². The van der Waals surface area contributed by atoms with Gasteiger partial charge in [-0.05, 0) is 35.4 Å². The van der Waals surface area contributed by atoms with E-state index in [4.69, 9.17) is 28.7 Å². The number of ether oxygens (including phenoxy) is 4. The summed E-state index contributed by atoms with van der Waals surface area (Å²) in [6.07, 6.45) is 3.66. The van der Waals surface area contributed by atoms with Gasteiger partial charge >= 0.3 is 7.60 Å². The highest BCUT2D eigenvalue weighted by Crippen LogP contribution is 2.38. The van der Waals surface area contributed by atoms with E-state index in [1.165, 1.54) is 14.2 Å². The summed E-state index contributed by atoms with van der Waals surface area (Å²) >= 11 is 0. The fourth-order valence-electron chi connectivity index (χ4n) is 2.45. The van der Waals surface area contributed by atoms with Crippen LogP contribution in [0.5, 0.6) is 23.0 Å². The van der Waals surface area contributed by atoms with Gasteiger partial charge in [0, 0.05) is 5.66 Å². The van der Waals surface area contributed by atoms with Crippen LogP contribution in [0.3, 0.4) is 0 Å². The first-order chi connectivity index (χ1) is 13.3. The van der Waals surface area contributed by atoms with Crippen molar-refractivity contribution in [3.05, 3.63) is 47.0 Å². The molecule has 0 aromatic heterocycles. The van der Waals surface area contributed by atoms with Gasteiger partial charge in [0.15, 0.2) is 11.5 Å². The zero-order chi connectivity index (χ0) is 20.7. The topological polar surface area (TPSA) is 94.5 Å². The van der Waals surface area contributed by atoms with E-state index in [-0.39, 0.29) is 0 Å². The molecule has 0 spiro atoms. The highest BCUT2D eigenvalue weighted by atomic mass is 31.2. The summed E-state index contributed by atoms with van der Waals surface area (Å²) in [5.41, 5.74) is 3.88. The number of hydrogen-bond acceptors (Lipinski definition) is 5. The normalized spacial score (nSPS) is 10.9. The molecule has 0 saturated heterocycles. The molecule has 0 aliphatic rings. The van der Waals surface area contributed by atoms with Crippen molar-refractivity contribution < 1.29 is 33.3 Å². The second-order valence-corrected chi connectivity index (χ2v) is 6.84. The first-order valence-electron chi connectivity index (χ1n) is 8.06. The highest BCUT2D eigenvalue weighted by molar-refractivity contribution is 7.57. The molecule has 0 aliphatic carbocycles. The summed E-state index contributed by atoms with van der Waals surface area (Å²) in [7, 11) is 1.64. The summed E-state index contributed by atoms with van der Waals surface area (Å²) in [4.78, 5) is 17.9. The van der Waals surface area contributed by atoms with Gasteiger partial charge in [0.2, 0.25) is 5.75 Å². The molecule has 8 heteroatoms. The first kappa shape index (κ1) is 21.4. The van der Waals surface area contributed by atoms with Crippen LogP contribution in [0.1, 0.15) is 16.7 Å². The number of rotatable bonds is 6. The molecule has 28 heavy (non-hydrogen) atoms. The van der Waals surface area contributed by atoms with Crippen LogP contribution in [0, 0.1) is 11.6 Å². The van der Waals surface area contributed by atoms with Crippen LogP contribution in [-0.4, -0.2) is 38.2 Å². The molecular formula is C20H21O7P. The van der Waals surface area contributed by atoms with Crippen molar-refractivity contribution in [3.8, 4) is 34.6 Å². The zero-order valence-electron chi connectivity index (χ0n) is 15.9. The minimum Gasteiger partial charge on any atom is -0.495 e. The molecule has 0 bridgehead atoms. The Morgan fingerprint density at radius 1 is 0.821 bits per heavy atom. The molecule has 0 amide bonds. The lowest BCUT2D eigenvalue weighted by molar-refractivity contribution is 0.324. The Morgan fingerprint density at radius 3 is 1.89 bits per heavy atom. The van der Waals surface area contributed by atoms with Crippen molar-refractivity contribution in [2.24, 2.45) is 0 Å². The predicted octanol–water partition coefficient (Wildman–Crippen LogP) is 3.38. The minimum atomic E-state index is -4.44. The molecular weight excluding hydrogens is 383 g/mol. The third kappa shape index (κ3) is 5.54. The average molecular weight is 404 g/mol. The molecule has 2 N–H and O–H groups in total. The Labute approximate surface area is 163 Å². The lowest BCUT2D eigenvalue weighted by Crippen LogP contribution is -1.95. The van der Waals surface area contributed by atoms with Gasteiger partial charge in [0.1, 0.15) is 5.75 Å². The van der Waals surface area contributed by atoms with E-state index in [9.17, 15) is 4.57 Å². The Hall–Kier alpha value is -2.91. The van der Waals surface area contributed by atoms with Gasteiger partial charge in [-0.15, -0.1) is 0 Å². The lowest BCUT2D eigenvalue weighted by Gasteiger charge is -2.12. The van der Waals surface area contributed by atoms with Gasteiger partial charge in [-0.3, -0.25) is 0 Å². The van der Waals surface area contributed by atoms with E-state index in [1.807, 2.05) is 17.8 Å². The Balaban J connectivity index is 2.41. The fourth-order valence-corrected chi connectivity index (χ4v) is 2.72. The Bertz CT molecular complexity index is 955. The van der Waals surface area contributed by atoms with Crippen LogP contribution in [-0.2, 0) is 4.57 Å². The third-order valence-corrected chi connectivity index (χ3v) is 4.12. The Kier molecular flexibility index (Phi) is 7.13. The van der Waals surface area contributed by atoms with Crippen LogP contribution in [0.4, 0.5) is 0 Å². The van der Waals surface area contributed by atoms with Crippen LogP contribution in [0.2, 0.25) is 0 Å². The second-order valence-electron chi connectivity index (χ2n) is 5.53. The smallest absolute Gasteiger partial charge is 0.400 e. The summed E-state index contributed by atoms with van der Waals surface area (Å²) in [6, 6.07) is 8.76. The quantitative estimate of drug-likeness (QED) is 0.433. The summed E-state index contributed by atoms with van der Waals surface area (Å²) < 4.78 is 32.2. The van der Waals surface area contributed by atoms with Gasteiger partial charge in [-0.1, -0.05) is 24.1 Å². The largest absolute Gasteiger partial charge is 0.495 e. The second kappa shape index (κ2) is 9.34. The minimum absolute atomic E-state index is 0.373. The molecule has 2 rings (SSSR count). The maximum atomic E-state index is 11.0. The van der Waals surface area contributed by atoms with Crippen molar-refractivity contribution in [1.82, 2.24) is 0 Å². The van der Waals surface area contributed by atoms with Crippen LogP contribution < -0.4 is 18.9 Å². The van der Waals surface area contributed by atoms with Gasteiger partial charge in [-0.2, -0.15) is 0 Å². The molecule has 0 atom stereocenters. The predicted molar refractivity (Wildman–Crippen MR) is 107 cm³/mol. The van der Waals surface area contributed by atoms with E-state index in [1.54, 1.807) is 44.6 Å². The van der Waals surface area contributed by atoms with Gasteiger partial charge < -0.3 is 28.7 Å².